The number of benzene rings is 1. The highest BCUT2D eigenvalue weighted by Gasteiger charge is 2.29. The van der Waals surface area contributed by atoms with E-state index in [0.717, 1.165) is 6.42 Å². The van der Waals surface area contributed by atoms with Gasteiger partial charge in [-0.15, -0.1) is 0 Å². The van der Waals surface area contributed by atoms with E-state index in [-0.39, 0.29) is 6.04 Å². The van der Waals surface area contributed by atoms with E-state index >= 15 is 0 Å². The maximum absolute atomic E-state index is 6.27. The summed E-state index contributed by atoms with van der Waals surface area (Å²) in [4.78, 5) is 0. The van der Waals surface area contributed by atoms with Crippen LogP contribution in [0.1, 0.15) is 5.56 Å². The van der Waals surface area contributed by atoms with E-state index in [1.165, 1.54) is 5.56 Å². The molecule has 4 N–H and O–H groups in total. The van der Waals surface area contributed by atoms with Gasteiger partial charge in [-0.25, -0.2) is 0 Å². The second-order valence-corrected chi connectivity index (χ2v) is 4.04. The van der Waals surface area contributed by atoms with Crippen LogP contribution in [0.4, 0.5) is 0 Å². The van der Waals surface area contributed by atoms with Crippen molar-refractivity contribution < 1.29 is 0 Å². The van der Waals surface area contributed by atoms with Crippen LogP contribution < -0.4 is 11.5 Å². The molecule has 0 saturated heterocycles. The summed E-state index contributed by atoms with van der Waals surface area (Å²) in [6.07, 6.45) is 8.62. The summed E-state index contributed by atoms with van der Waals surface area (Å²) in [5, 5.41) is 0. The molecule has 1 aromatic rings. The van der Waals surface area contributed by atoms with E-state index in [2.05, 4.69) is 12.1 Å². The SMILES string of the molecule is NC1C=CC=CC1(N)Cc1ccccc1. The van der Waals surface area contributed by atoms with Gasteiger partial charge >= 0.3 is 0 Å². The van der Waals surface area contributed by atoms with Gasteiger partial charge in [0, 0.05) is 6.04 Å². The highest BCUT2D eigenvalue weighted by molar-refractivity contribution is 5.30. The number of allylic oxidation sites excluding steroid dienone is 2. The van der Waals surface area contributed by atoms with Crippen molar-refractivity contribution in [2.45, 2.75) is 18.0 Å². The molecule has 2 unspecified atom stereocenters. The Morgan fingerprint density at radius 3 is 2.53 bits per heavy atom. The van der Waals surface area contributed by atoms with Gasteiger partial charge in [0.25, 0.3) is 0 Å². The molecule has 78 valence electrons. The fourth-order valence-corrected chi connectivity index (χ4v) is 1.84. The lowest BCUT2D eigenvalue weighted by Gasteiger charge is -2.32. The molecule has 0 spiro atoms. The standard InChI is InChI=1S/C13H16N2/c14-12-8-4-5-9-13(12,15)10-11-6-2-1-3-7-11/h1-9,12H,10,14-15H2. The second-order valence-electron chi connectivity index (χ2n) is 4.04. The molecular weight excluding hydrogens is 184 g/mol. The first-order chi connectivity index (χ1) is 7.21. The Bertz CT molecular complexity index is 381. The molecule has 15 heavy (non-hydrogen) atoms. The zero-order valence-corrected chi connectivity index (χ0v) is 8.64. The van der Waals surface area contributed by atoms with Gasteiger partial charge < -0.3 is 11.5 Å². The fourth-order valence-electron chi connectivity index (χ4n) is 1.84. The number of hydrogen-bond acceptors (Lipinski definition) is 2. The predicted molar refractivity (Wildman–Crippen MR) is 63.3 cm³/mol. The molecule has 0 heterocycles. The van der Waals surface area contributed by atoms with Crippen LogP contribution in [0.15, 0.2) is 54.6 Å². The van der Waals surface area contributed by atoms with Gasteiger partial charge in [-0.1, -0.05) is 54.6 Å². The summed E-state index contributed by atoms with van der Waals surface area (Å²) >= 11 is 0. The van der Waals surface area contributed by atoms with Crippen LogP contribution in [-0.4, -0.2) is 11.6 Å². The van der Waals surface area contributed by atoms with E-state index < -0.39 is 5.54 Å². The average Bonchev–Trinajstić information content (AvgIpc) is 2.24. The molecule has 0 amide bonds. The van der Waals surface area contributed by atoms with Crippen LogP contribution in [0, 0.1) is 0 Å². The summed E-state index contributed by atoms with van der Waals surface area (Å²) < 4.78 is 0. The molecule has 2 nitrogen and oxygen atoms in total. The van der Waals surface area contributed by atoms with Crippen molar-refractivity contribution in [3.8, 4) is 0 Å². The Hall–Kier alpha value is -1.38. The quantitative estimate of drug-likeness (QED) is 0.757. The molecule has 0 saturated carbocycles. The monoisotopic (exact) mass is 200 g/mol. The zero-order valence-electron chi connectivity index (χ0n) is 8.64. The van der Waals surface area contributed by atoms with Gasteiger partial charge in [0.1, 0.15) is 0 Å². The largest absolute Gasteiger partial charge is 0.323 e. The van der Waals surface area contributed by atoms with E-state index in [0.29, 0.717) is 0 Å². The van der Waals surface area contributed by atoms with Crippen molar-refractivity contribution in [3.05, 3.63) is 60.2 Å². The van der Waals surface area contributed by atoms with Gasteiger partial charge in [0.15, 0.2) is 0 Å². The first-order valence-electron chi connectivity index (χ1n) is 5.15. The Morgan fingerprint density at radius 2 is 1.87 bits per heavy atom. The van der Waals surface area contributed by atoms with Crippen LogP contribution in [0.5, 0.6) is 0 Å². The normalized spacial score (nSPS) is 29.3. The summed E-state index contributed by atoms with van der Waals surface area (Å²) in [6.45, 7) is 0. The highest BCUT2D eigenvalue weighted by Crippen LogP contribution is 2.19. The molecule has 2 rings (SSSR count). The fraction of sp³-hybridized carbons (Fsp3) is 0.231. The minimum atomic E-state index is -0.448. The Morgan fingerprint density at radius 1 is 1.13 bits per heavy atom. The van der Waals surface area contributed by atoms with Crippen molar-refractivity contribution in [3.63, 3.8) is 0 Å². The molecule has 0 radical (unpaired) electrons. The summed E-state index contributed by atoms with van der Waals surface area (Å²) in [5.41, 5.74) is 13.0. The minimum absolute atomic E-state index is 0.109. The maximum atomic E-state index is 6.27. The third-order valence-corrected chi connectivity index (χ3v) is 2.81. The van der Waals surface area contributed by atoms with Crippen LogP contribution in [0.25, 0.3) is 0 Å². The lowest BCUT2D eigenvalue weighted by molar-refractivity contribution is 0.466. The molecular formula is C13H16N2. The second kappa shape index (κ2) is 4.01. The van der Waals surface area contributed by atoms with Gasteiger partial charge in [-0.3, -0.25) is 0 Å². The molecule has 2 atom stereocenters. The minimum Gasteiger partial charge on any atom is -0.323 e. The van der Waals surface area contributed by atoms with Gasteiger partial charge in [0.2, 0.25) is 0 Å². The number of nitrogens with two attached hydrogens (primary N) is 2. The van der Waals surface area contributed by atoms with Gasteiger partial charge in [0.05, 0.1) is 5.54 Å². The average molecular weight is 200 g/mol. The van der Waals surface area contributed by atoms with Crippen molar-refractivity contribution in [1.29, 1.82) is 0 Å². The first-order valence-corrected chi connectivity index (χ1v) is 5.15. The number of rotatable bonds is 2. The summed E-state index contributed by atoms with van der Waals surface area (Å²) in [6, 6.07) is 10.1. The third kappa shape index (κ3) is 2.17. The molecule has 2 heteroatoms. The third-order valence-electron chi connectivity index (χ3n) is 2.81. The Kier molecular flexibility index (Phi) is 2.71. The lowest BCUT2D eigenvalue weighted by Crippen LogP contribution is -2.55. The maximum Gasteiger partial charge on any atom is 0.0573 e. The smallest absolute Gasteiger partial charge is 0.0573 e. The topological polar surface area (TPSA) is 52.0 Å². The van der Waals surface area contributed by atoms with Crippen molar-refractivity contribution >= 4 is 0 Å². The molecule has 1 aromatic carbocycles. The number of hydrogen-bond donors (Lipinski definition) is 2. The summed E-state index contributed by atoms with van der Waals surface area (Å²) in [7, 11) is 0. The molecule has 1 aliphatic carbocycles. The van der Waals surface area contributed by atoms with E-state index in [4.69, 9.17) is 11.5 Å². The van der Waals surface area contributed by atoms with Crippen LogP contribution in [0.2, 0.25) is 0 Å². The molecule has 1 aliphatic rings. The zero-order chi connectivity index (χ0) is 10.7. The highest BCUT2D eigenvalue weighted by atomic mass is 14.8. The first kappa shape index (κ1) is 10.1. The van der Waals surface area contributed by atoms with E-state index in [1.807, 2.05) is 42.5 Å². The molecule has 0 bridgehead atoms. The van der Waals surface area contributed by atoms with Crippen LogP contribution in [0.3, 0.4) is 0 Å². The van der Waals surface area contributed by atoms with E-state index in [1.54, 1.807) is 0 Å². The molecule has 0 aromatic heterocycles. The van der Waals surface area contributed by atoms with Crippen molar-refractivity contribution in [2.24, 2.45) is 11.5 Å². The van der Waals surface area contributed by atoms with Crippen molar-refractivity contribution in [1.82, 2.24) is 0 Å². The van der Waals surface area contributed by atoms with E-state index in [9.17, 15) is 0 Å². The van der Waals surface area contributed by atoms with Crippen molar-refractivity contribution in [2.75, 3.05) is 0 Å². The van der Waals surface area contributed by atoms with Gasteiger partial charge in [-0.05, 0) is 12.0 Å². The van der Waals surface area contributed by atoms with Gasteiger partial charge in [-0.2, -0.15) is 0 Å². The Balaban J connectivity index is 2.18. The van der Waals surface area contributed by atoms with Crippen LogP contribution >= 0.6 is 0 Å². The lowest BCUT2D eigenvalue weighted by atomic mass is 9.82. The summed E-state index contributed by atoms with van der Waals surface area (Å²) in [5.74, 6) is 0. The molecule has 0 fully saturated rings. The Labute approximate surface area is 90.3 Å². The predicted octanol–water partition coefficient (Wildman–Crippen LogP) is 1.38. The molecule has 0 aliphatic heterocycles. The van der Waals surface area contributed by atoms with Crippen LogP contribution in [-0.2, 0) is 6.42 Å².